The molecule has 5 rings (SSSR count). The second kappa shape index (κ2) is 7.51. The standard InChI is InChI=1S/C21H20FN5O4S/c1-3-31-20(30)21-8-11(21)15(16(28)17(21)29)27-9-24-14-18(23-2)25-13(26-19(14)27)7-5-10-4-6-12(22)32-10/h4,6,9,11,15-17,28-29H,3,8H2,1-2H3,(H,23,25,26)/t11-,15-,16+,17+,21-/m1/s1. The Kier molecular flexibility index (Phi) is 4.88. The molecule has 0 aliphatic heterocycles. The van der Waals surface area contributed by atoms with Crippen molar-refractivity contribution in [3.63, 3.8) is 0 Å². The number of nitrogens with zero attached hydrogens (tertiary/aromatic N) is 4. The minimum absolute atomic E-state index is 0.192. The van der Waals surface area contributed by atoms with Crippen molar-refractivity contribution in [2.75, 3.05) is 19.0 Å². The smallest absolute Gasteiger partial charge is 0.315 e. The van der Waals surface area contributed by atoms with Crippen LogP contribution in [0.2, 0.25) is 0 Å². The van der Waals surface area contributed by atoms with Gasteiger partial charge in [-0.1, -0.05) is 11.3 Å². The van der Waals surface area contributed by atoms with Crippen molar-refractivity contribution in [1.29, 1.82) is 0 Å². The number of fused-ring (bicyclic) bond motifs is 2. The summed E-state index contributed by atoms with van der Waals surface area (Å²) >= 11 is 0.925. The summed E-state index contributed by atoms with van der Waals surface area (Å²) in [5, 5.41) is 24.1. The second-order valence-corrected chi connectivity index (χ2v) is 8.86. The molecule has 0 bridgehead atoms. The molecule has 0 unspecified atom stereocenters. The van der Waals surface area contributed by atoms with Crippen LogP contribution in [-0.2, 0) is 9.53 Å². The maximum absolute atomic E-state index is 13.2. The fraction of sp³-hybridized carbons (Fsp3) is 0.429. The molecule has 0 saturated heterocycles. The number of aromatic nitrogens is 4. The van der Waals surface area contributed by atoms with E-state index in [1.165, 1.54) is 12.4 Å². The topological polar surface area (TPSA) is 122 Å². The average molecular weight is 457 g/mol. The van der Waals surface area contributed by atoms with Gasteiger partial charge < -0.3 is 24.8 Å². The minimum atomic E-state index is -1.24. The van der Waals surface area contributed by atoms with Crippen LogP contribution < -0.4 is 5.32 Å². The molecule has 11 heteroatoms. The lowest BCUT2D eigenvalue weighted by atomic mass is 9.99. The molecule has 0 radical (unpaired) electrons. The zero-order valence-corrected chi connectivity index (χ0v) is 18.1. The summed E-state index contributed by atoms with van der Waals surface area (Å²) in [6.45, 7) is 1.90. The Hall–Kier alpha value is -3.07. The van der Waals surface area contributed by atoms with Crippen LogP contribution >= 0.6 is 11.3 Å². The Balaban J connectivity index is 1.56. The van der Waals surface area contributed by atoms with Gasteiger partial charge in [0.25, 0.3) is 0 Å². The first-order chi connectivity index (χ1) is 15.4. The number of carbonyl (C=O) groups excluding carboxylic acids is 1. The molecule has 9 nitrogen and oxygen atoms in total. The fourth-order valence-electron chi connectivity index (χ4n) is 4.64. The lowest BCUT2D eigenvalue weighted by molar-refractivity contribution is -0.156. The van der Waals surface area contributed by atoms with Gasteiger partial charge in [0.15, 0.2) is 22.1 Å². The number of esters is 1. The van der Waals surface area contributed by atoms with E-state index < -0.39 is 29.6 Å². The molecule has 0 amide bonds. The van der Waals surface area contributed by atoms with Gasteiger partial charge >= 0.3 is 5.97 Å². The summed E-state index contributed by atoms with van der Waals surface area (Å²) in [6, 6.07) is 2.31. The highest BCUT2D eigenvalue weighted by Crippen LogP contribution is 2.68. The maximum atomic E-state index is 13.2. The van der Waals surface area contributed by atoms with Gasteiger partial charge in [0.1, 0.15) is 11.5 Å². The lowest BCUT2D eigenvalue weighted by Gasteiger charge is -2.23. The molecule has 3 heterocycles. The molecule has 2 saturated carbocycles. The number of aliphatic hydroxyl groups is 2. The van der Waals surface area contributed by atoms with Gasteiger partial charge in [0.2, 0.25) is 5.82 Å². The van der Waals surface area contributed by atoms with Crippen molar-refractivity contribution >= 4 is 34.3 Å². The van der Waals surface area contributed by atoms with E-state index in [1.807, 2.05) is 0 Å². The highest BCUT2D eigenvalue weighted by atomic mass is 32.1. The Morgan fingerprint density at radius 2 is 2.22 bits per heavy atom. The Labute approximate surface area is 186 Å². The normalized spacial score (nSPS) is 28.2. The summed E-state index contributed by atoms with van der Waals surface area (Å²) in [4.78, 5) is 26.3. The zero-order valence-electron chi connectivity index (χ0n) is 17.2. The molecule has 3 aromatic rings. The Morgan fingerprint density at radius 3 is 2.91 bits per heavy atom. The fourth-order valence-corrected chi connectivity index (χ4v) is 5.23. The number of rotatable bonds is 4. The largest absolute Gasteiger partial charge is 0.465 e. The van der Waals surface area contributed by atoms with E-state index in [4.69, 9.17) is 4.74 Å². The highest BCUT2D eigenvalue weighted by Gasteiger charge is 2.76. The number of imidazole rings is 1. The molecular weight excluding hydrogens is 437 g/mol. The molecule has 2 aliphatic carbocycles. The predicted octanol–water partition coefficient (Wildman–Crippen LogP) is 1.31. The van der Waals surface area contributed by atoms with Crippen LogP contribution in [0.15, 0.2) is 18.5 Å². The number of aliphatic hydroxyl groups excluding tert-OH is 2. The van der Waals surface area contributed by atoms with E-state index in [1.54, 1.807) is 24.6 Å². The van der Waals surface area contributed by atoms with Crippen LogP contribution in [0.4, 0.5) is 10.2 Å². The second-order valence-electron chi connectivity index (χ2n) is 7.82. The number of thiophene rings is 1. The summed E-state index contributed by atoms with van der Waals surface area (Å²) in [5.41, 5.74) is -0.230. The maximum Gasteiger partial charge on any atom is 0.315 e. The van der Waals surface area contributed by atoms with Crippen LogP contribution in [0.5, 0.6) is 0 Å². The minimum Gasteiger partial charge on any atom is -0.465 e. The number of hydrogen-bond donors (Lipinski definition) is 3. The van der Waals surface area contributed by atoms with E-state index in [0.717, 1.165) is 11.3 Å². The third kappa shape index (κ3) is 2.98. The van der Waals surface area contributed by atoms with Gasteiger partial charge in [-0.3, -0.25) is 4.79 Å². The van der Waals surface area contributed by atoms with E-state index in [9.17, 15) is 19.4 Å². The number of hydrogen-bond acceptors (Lipinski definition) is 9. The summed E-state index contributed by atoms with van der Waals surface area (Å²) in [6.07, 6.45) is -0.499. The van der Waals surface area contributed by atoms with Gasteiger partial charge in [0.05, 0.1) is 30.0 Å². The Morgan fingerprint density at radius 1 is 1.41 bits per heavy atom. The molecule has 3 aromatic heterocycles. The van der Waals surface area contributed by atoms with Crippen molar-refractivity contribution in [3.8, 4) is 11.8 Å². The lowest BCUT2D eigenvalue weighted by Crippen LogP contribution is -2.38. The summed E-state index contributed by atoms with van der Waals surface area (Å²) in [5.74, 6) is 5.51. The van der Waals surface area contributed by atoms with Crippen LogP contribution in [0.25, 0.3) is 11.2 Å². The SMILES string of the molecule is CCOC(=O)[C@]12C[C@@H]1[C@@H](n1cnc3c(NC)nc(C#Cc4ccc(F)s4)nc31)[C@H](O)[C@@H]2O. The molecule has 0 aromatic carbocycles. The number of anilines is 1. The van der Waals surface area contributed by atoms with Gasteiger partial charge in [-0.2, -0.15) is 4.39 Å². The molecule has 32 heavy (non-hydrogen) atoms. The van der Waals surface area contributed by atoms with Crippen molar-refractivity contribution in [1.82, 2.24) is 19.5 Å². The van der Waals surface area contributed by atoms with Crippen molar-refractivity contribution in [2.24, 2.45) is 11.3 Å². The van der Waals surface area contributed by atoms with Gasteiger partial charge in [-0.15, -0.1) is 0 Å². The molecule has 5 atom stereocenters. The summed E-state index contributed by atoms with van der Waals surface area (Å²) < 4.78 is 20.1. The van der Waals surface area contributed by atoms with Crippen LogP contribution in [0, 0.1) is 28.3 Å². The first-order valence-electron chi connectivity index (χ1n) is 10.1. The predicted molar refractivity (Wildman–Crippen MR) is 113 cm³/mol. The van der Waals surface area contributed by atoms with Gasteiger partial charge in [-0.25, -0.2) is 15.0 Å². The van der Waals surface area contributed by atoms with E-state index >= 15 is 0 Å². The van der Waals surface area contributed by atoms with Crippen molar-refractivity contribution in [2.45, 2.75) is 31.6 Å². The van der Waals surface area contributed by atoms with Gasteiger partial charge in [-0.05, 0) is 37.3 Å². The first kappa shape index (κ1) is 20.8. The number of carbonyl (C=O) groups is 1. The third-order valence-electron chi connectivity index (χ3n) is 6.18. The van der Waals surface area contributed by atoms with E-state index in [2.05, 4.69) is 32.1 Å². The number of halogens is 1. The molecule has 0 spiro atoms. The first-order valence-corrected chi connectivity index (χ1v) is 11.0. The number of ether oxygens (including phenoxy) is 1. The molecular formula is C21H20FN5O4S. The Bertz CT molecular complexity index is 1280. The van der Waals surface area contributed by atoms with Crippen molar-refractivity contribution < 1.29 is 24.1 Å². The average Bonchev–Trinajstić information content (AvgIpc) is 3.03. The highest BCUT2D eigenvalue weighted by molar-refractivity contribution is 7.10. The summed E-state index contributed by atoms with van der Waals surface area (Å²) in [7, 11) is 1.69. The monoisotopic (exact) mass is 457 g/mol. The van der Waals surface area contributed by atoms with E-state index in [0.29, 0.717) is 28.3 Å². The third-order valence-corrected chi connectivity index (χ3v) is 6.97. The molecule has 166 valence electrons. The molecule has 3 N–H and O–H groups in total. The van der Waals surface area contributed by atoms with Crippen LogP contribution in [0.1, 0.15) is 30.1 Å². The van der Waals surface area contributed by atoms with Crippen molar-refractivity contribution in [3.05, 3.63) is 34.3 Å². The quantitative estimate of drug-likeness (QED) is 0.396. The molecule has 2 fully saturated rings. The number of nitrogens with one attached hydrogen (secondary N) is 1. The van der Waals surface area contributed by atoms with Crippen LogP contribution in [0.3, 0.4) is 0 Å². The van der Waals surface area contributed by atoms with Gasteiger partial charge in [0, 0.05) is 13.0 Å². The van der Waals surface area contributed by atoms with Crippen LogP contribution in [-0.4, -0.2) is 61.6 Å². The zero-order chi connectivity index (χ0) is 22.6. The molecule has 2 aliphatic rings. The van der Waals surface area contributed by atoms with E-state index in [-0.39, 0.29) is 23.5 Å².